The summed E-state index contributed by atoms with van der Waals surface area (Å²) in [5, 5.41) is 15.3. The Balaban J connectivity index is 0.939. The Morgan fingerprint density at radius 2 is 0.529 bits per heavy atom. The molecule has 0 saturated carbocycles. The van der Waals surface area contributed by atoms with Gasteiger partial charge in [0.25, 0.3) is 0 Å². The maximum Gasteiger partial charge on any atom is 0.0725 e. The Labute approximate surface area is 394 Å². The zero-order valence-electron chi connectivity index (χ0n) is 37.1. The Morgan fingerprint density at radius 1 is 0.206 bits per heavy atom. The molecule has 13 aromatic carbocycles. The highest BCUT2D eigenvalue weighted by atomic mass is 15.1. The Hall–Kier alpha value is -8.78. The van der Waals surface area contributed by atoms with Gasteiger partial charge in [0.1, 0.15) is 0 Å². The van der Waals surface area contributed by atoms with Crippen molar-refractivity contribution >= 4 is 81.7 Å². The summed E-state index contributed by atoms with van der Waals surface area (Å²) in [5.74, 6) is 0. The highest BCUT2D eigenvalue weighted by Crippen LogP contribution is 2.63. The number of rotatable bonds is 4. The highest BCUT2D eigenvalue weighted by Gasteiger charge is 2.51. The molecule has 0 radical (unpaired) electrons. The predicted molar refractivity (Wildman–Crippen MR) is 288 cm³/mol. The lowest BCUT2D eigenvalue weighted by atomic mass is 9.70. The van der Waals surface area contributed by atoms with Crippen LogP contribution in [0.25, 0.3) is 98.0 Å². The normalized spacial score (nSPS) is 13.1. The van der Waals surface area contributed by atoms with Crippen molar-refractivity contribution in [2.24, 2.45) is 0 Å². The van der Waals surface area contributed by atoms with Crippen LogP contribution < -0.4 is 4.90 Å². The third-order valence-electron chi connectivity index (χ3n) is 15.4. The van der Waals surface area contributed by atoms with E-state index < -0.39 is 5.41 Å². The van der Waals surface area contributed by atoms with Gasteiger partial charge in [-0.05, 0) is 163 Å². The van der Waals surface area contributed by atoms with E-state index in [1.54, 1.807) is 0 Å². The first kappa shape index (κ1) is 37.4. The van der Waals surface area contributed by atoms with Crippen LogP contribution >= 0.6 is 0 Å². The molecule has 0 aromatic heterocycles. The third kappa shape index (κ3) is 5.05. The van der Waals surface area contributed by atoms with Crippen LogP contribution in [0, 0.1) is 0 Å². The van der Waals surface area contributed by atoms with Crippen LogP contribution in [-0.4, -0.2) is 0 Å². The van der Waals surface area contributed by atoms with Gasteiger partial charge >= 0.3 is 0 Å². The molecule has 2 aliphatic carbocycles. The molecule has 0 fully saturated rings. The number of benzene rings is 13. The Kier molecular flexibility index (Phi) is 7.77. The third-order valence-corrected chi connectivity index (χ3v) is 15.4. The van der Waals surface area contributed by atoms with Gasteiger partial charge in [-0.2, -0.15) is 0 Å². The molecule has 68 heavy (non-hydrogen) atoms. The van der Waals surface area contributed by atoms with Crippen molar-refractivity contribution in [3.63, 3.8) is 0 Å². The van der Waals surface area contributed by atoms with Gasteiger partial charge in [-0.1, -0.05) is 206 Å². The van der Waals surface area contributed by atoms with Gasteiger partial charge < -0.3 is 4.90 Å². The molecular formula is C67H41N. The van der Waals surface area contributed by atoms with Crippen LogP contribution in [0.5, 0.6) is 0 Å². The minimum atomic E-state index is -0.398. The molecule has 0 aliphatic heterocycles. The minimum Gasteiger partial charge on any atom is -0.310 e. The van der Waals surface area contributed by atoms with Crippen molar-refractivity contribution in [2.75, 3.05) is 4.90 Å². The average molecular weight is 860 g/mol. The monoisotopic (exact) mass is 859 g/mol. The lowest BCUT2D eigenvalue weighted by molar-refractivity contribution is 0.794. The molecule has 0 N–H and O–H groups in total. The van der Waals surface area contributed by atoms with Gasteiger partial charge in [-0.15, -0.1) is 0 Å². The van der Waals surface area contributed by atoms with E-state index in [0.717, 1.165) is 17.1 Å². The Morgan fingerprint density at radius 3 is 1.03 bits per heavy atom. The molecule has 0 unspecified atom stereocenters. The van der Waals surface area contributed by atoms with Gasteiger partial charge in [-0.3, -0.25) is 0 Å². The second-order valence-electron chi connectivity index (χ2n) is 18.7. The second-order valence-corrected chi connectivity index (χ2v) is 18.7. The lowest BCUT2D eigenvalue weighted by Gasteiger charge is -2.31. The number of nitrogens with zero attached hydrogens (tertiary/aromatic N) is 1. The summed E-state index contributed by atoms with van der Waals surface area (Å²) in [4.78, 5) is 2.47. The van der Waals surface area contributed by atoms with E-state index in [0.29, 0.717) is 0 Å². The van der Waals surface area contributed by atoms with Crippen LogP contribution in [0.4, 0.5) is 17.1 Å². The van der Waals surface area contributed by atoms with Gasteiger partial charge in [0.05, 0.1) is 5.41 Å². The van der Waals surface area contributed by atoms with E-state index in [-0.39, 0.29) is 0 Å². The van der Waals surface area contributed by atoms with Crippen molar-refractivity contribution in [2.45, 2.75) is 5.41 Å². The number of hydrogen-bond donors (Lipinski definition) is 0. The number of anilines is 3. The lowest BCUT2D eigenvalue weighted by Crippen LogP contribution is -2.25. The molecule has 0 heterocycles. The number of hydrogen-bond acceptors (Lipinski definition) is 1. The maximum absolute atomic E-state index is 2.47. The zero-order valence-corrected chi connectivity index (χ0v) is 37.1. The first-order valence-electron chi connectivity index (χ1n) is 23.7. The Bertz CT molecular complexity index is 4160. The predicted octanol–water partition coefficient (Wildman–Crippen LogP) is 18.1. The van der Waals surface area contributed by atoms with Crippen molar-refractivity contribution < 1.29 is 0 Å². The number of fused-ring (bicyclic) bond motifs is 22. The van der Waals surface area contributed by atoms with Gasteiger partial charge in [0.15, 0.2) is 0 Å². The summed E-state index contributed by atoms with van der Waals surface area (Å²) >= 11 is 0. The summed E-state index contributed by atoms with van der Waals surface area (Å²) in [6.45, 7) is 0. The van der Waals surface area contributed by atoms with Crippen molar-refractivity contribution in [1.82, 2.24) is 0 Å². The van der Waals surface area contributed by atoms with Gasteiger partial charge in [0.2, 0.25) is 0 Å². The van der Waals surface area contributed by atoms with E-state index in [4.69, 9.17) is 0 Å². The fourth-order valence-corrected chi connectivity index (χ4v) is 12.6. The molecule has 314 valence electrons. The van der Waals surface area contributed by atoms with Crippen LogP contribution in [0.3, 0.4) is 0 Å². The van der Waals surface area contributed by atoms with E-state index in [1.807, 2.05) is 0 Å². The SMILES string of the molecule is c1ccc2c(c1)-c1ccccc1C21c2ccccc2-c2cc(N(c3ccc(-c4ccc5c6ccccc6c6ccccc6c5c4)cc3)c3ccc4c5ccccc5c5ccccc5c4c3)ccc21. The molecule has 13 aromatic rings. The van der Waals surface area contributed by atoms with Crippen LogP contribution in [0.15, 0.2) is 249 Å². The highest BCUT2D eigenvalue weighted by molar-refractivity contribution is 6.27. The fraction of sp³-hybridized carbons (Fsp3) is 0.0149. The van der Waals surface area contributed by atoms with E-state index >= 15 is 0 Å². The van der Waals surface area contributed by atoms with E-state index in [9.17, 15) is 0 Å². The molecule has 0 atom stereocenters. The van der Waals surface area contributed by atoms with Gasteiger partial charge in [0, 0.05) is 17.1 Å². The van der Waals surface area contributed by atoms with Crippen LogP contribution in [0.2, 0.25) is 0 Å². The minimum absolute atomic E-state index is 0.398. The smallest absolute Gasteiger partial charge is 0.0725 e. The van der Waals surface area contributed by atoms with Crippen molar-refractivity contribution in [1.29, 1.82) is 0 Å². The zero-order chi connectivity index (χ0) is 44.5. The van der Waals surface area contributed by atoms with Gasteiger partial charge in [-0.25, -0.2) is 0 Å². The molecule has 15 rings (SSSR count). The van der Waals surface area contributed by atoms with Crippen LogP contribution in [-0.2, 0) is 5.41 Å². The quantitative estimate of drug-likeness (QED) is 0.159. The fourth-order valence-electron chi connectivity index (χ4n) is 12.6. The summed E-state index contributed by atoms with van der Waals surface area (Å²) in [7, 11) is 0. The van der Waals surface area contributed by atoms with Crippen molar-refractivity contribution in [3.05, 3.63) is 271 Å². The topological polar surface area (TPSA) is 3.24 Å². The standard InChI is InChI=1S/C67H41N/c1-3-19-51-47(15-1)49-17-5-7-21-53(49)60-39-43(31-36-55(51)60)42-29-32-44(33-30-42)68(45-34-37-56-52-20-4-2-16-48(52)50-18-6-8-22-54(50)61(56)40-45)46-35-38-66-62(41-46)59-25-11-14-28-65(59)67(66)63-26-12-9-23-57(63)58-24-10-13-27-64(58)67/h1-41H. The first-order chi connectivity index (χ1) is 33.7. The van der Waals surface area contributed by atoms with E-state index in [2.05, 4.69) is 254 Å². The van der Waals surface area contributed by atoms with Crippen LogP contribution in [0.1, 0.15) is 22.3 Å². The summed E-state index contributed by atoms with van der Waals surface area (Å²) in [6.07, 6.45) is 0. The molecule has 1 nitrogen and oxygen atoms in total. The summed E-state index contributed by atoms with van der Waals surface area (Å²) in [5.41, 5.74) is 15.9. The summed E-state index contributed by atoms with van der Waals surface area (Å²) < 4.78 is 0. The molecular weight excluding hydrogens is 819 g/mol. The summed E-state index contributed by atoms with van der Waals surface area (Å²) in [6, 6.07) is 93.2. The molecule has 1 heteroatoms. The largest absolute Gasteiger partial charge is 0.310 e. The molecule has 1 spiro atoms. The molecule has 0 amide bonds. The maximum atomic E-state index is 2.47. The second kappa shape index (κ2) is 14.1. The first-order valence-corrected chi connectivity index (χ1v) is 23.7. The van der Waals surface area contributed by atoms with Crippen molar-refractivity contribution in [3.8, 4) is 33.4 Å². The molecule has 0 saturated heterocycles. The van der Waals surface area contributed by atoms with E-state index in [1.165, 1.54) is 120 Å². The molecule has 2 aliphatic rings. The molecule has 0 bridgehead atoms. The average Bonchev–Trinajstić information content (AvgIpc) is 3.88.